The lowest BCUT2D eigenvalue weighted by Crippen LogP contribution is -2.55. The molecule has 0 radical (unpaired) electrons. The molecule has 25 heavy (non-hydrogen) atoms. The molecule has 1 fully saturated rings. The van der Waals surface area contributed by atoms with E-state index in [2.05, 4.69) is 5.32 Å². The van der Waals surface area contributed by atoms with Gasteiger partial charge in [0, 0.05) is 50.9 Å². The van der Waals surface area contributed by atoms with E-state index in [1.165, 1.54) is 12.1 Å². The molecule has 2 aliphatic heterocycles. The minimum atomic E-state index is -0.281. The predicted molar refractivity (Wildman–Crippen MR) is 95.2 cm³/mol. The number of hydrogen-bond acceptors (Lipinski definition) is 3. The number of amides is 4. The van der Waals surface area contributed by atoms with E-state index in [1.54, 1.807) is 46.6 Å². The highest BCUT2D eigenvalue weighted by molar-refractivity contribution is 7.99. The molecule has 0 saturated carbocycles. The quantitative estimate of drug-likeness (QED) is 0.830. The number of piperazine rings is 1. The summed E-state index contributed by atoms with van der Waals surface area (Å²) in [6.07, 6.45) is 0.784. The van der Waals surface area contributed by atoms with Crippen molar-refractivity contribution in [3.05, 3.63) is 29.6 Å². The Balaban J connectivity index is 1.59. The number of benzene rings is 1. The summed E-state index contributed by atoms with van der Waals surface area (Å²) >= 11 is 1.69. The van der Waals surface area contributed by atoms with Crippen molar-refractivity contribution in [2.75, 3.05) is 46.0 Å². The number of nitrogens with one attached hydrogen (secondary N) is 1. The fourth-order valence-corrected chi connectivity index (χ4v) is 4.24. The first-order chi connectivity index (χ1) is 12.0. The average molecular weight is 366 g/mol. The summed E-state index contributed by atoms with van der Waals surface area (Å²) < 4.78 is 13.6. The Morgan fingerprint density at radius 1 is 1.20 bits per heavy atom. The molecule has 1 atom stereocenters. The second kappa shape index (κ2) is 7.51. The monoisotopic (exact) mass is 366 g/mol. The van der Waals surface area contributed by atoms with Crippen molar-refractivity contribution < 1.29 is 14.0 Å². The van der Waals surface area contributed by atoms with Crippen LogP contribution in [0.25, 0.3) is 0 Å². The molecule has 1 saturated heterocycles. The molecule has 1 unspecified atom stereocenters. The van der Waals surface area contributed by atoms with Crippen LogP contribution in [0.3, 0.4) is 0 Å². The van der Waals surface area contributed by atoms with Crippen LogP contribution in [0, 0.1) is 5.82 Å². The molecule has 1 N–H and O–H groups in total. The predicted octanol–water partition coefficient (Wildman–Crippen LogP) is 2.37. The molecule has 0 aromatic heterocycles. The van der Waals surface area contributed by atoms with Crippen LogP contribution in [0.1, 0.15) is 18.0 Å². The summed E-state index contributed by atoms with van der Waals surface area (Å²) in [7, 11) is 3.44. The Bertz CT molecular complexity index is 662. The first kappa shape index (κ1) is 17.8. The first-order valence-corrected chi connectivity index (χ1v) is 9.38. The van der Waals surface area contributed by atoms with Gasteiger partial charge in [-0.15, -0.1) is 11.8 Å². The maximum atomic E-state index is 13.6. The maximum absolute atomic E-state index is 13.6. The SMILES string of the molecule is CN(C)C(=O)N1CCN(C(=O)NC2CCSc3ccc(F)cc32)CC1. The number of hydrogen-bond donors (Lipinski definition) is 1. The van der Waals surface area contributed by atoms with E-state index >= 15 is 0 Å². The van der Waals surface area contributed by atoms with Crippen molar-refractivity contribution in [2.24, 2.45) is 0 Å². The summed E-state index contributed by atoms with van der Waals surface area (Å²) in [5.74, 6) is 0.616. The molecule has 0 bridgehead atoms. The minimum Gasteiger partial charge on any atom is -0.331 e. The van der Waals surface area contributed by atoms with Crippen LogP contribution in [-0.4, -0.2) is 72.8 Å². The van der Waals surface area contributed by atoms with Crippen LogP contribution < -0.4 is 5.32 Å². The normalized spacial score (nSPS) is 20.0. The Labute approximate surface area is 151 Å². The highest BCUT2D eigenvalue weighted by Crippen LogP contribution is 2.36. The molecular formula is C17H23FN4O2S. The van der Waals surface area contributed by atoms with Gasteiger partial charge in [0.15, 0.2) is 0 Å². The number of thioether (sulfide) groups is 1. The third-order valence-corrected chi connectivity index (χ3v) is 5.65. The highest BCUT2D eigenvalue weighted by Gasteiger charge is 2.28. The summed E-state index contributed by atoms with van der Waals surface area (Å²) in [6, 6.07) is 4.40. The van der Waals surface area contributed by atoms with Gasteiger partial charge in [-0.2, -0.15) is 0 Å². The Kier molecular flexibility index (Phi) is 5.36. The zero-order valence-corrected chi connectivity index (χ0v) is 15.3. The van der Waals surface area contributed by atoms with Crippen LogP contribution in [-0.2, 0) is 0 Å². The van der Waals surface area contributed by atoms with Crippen LogP contribution in [0.4, 0.5) is 14.0 Å². The summed E-state index contributed by atoms with van der Waals surface area (Å²) in [5.41, 5.74) is 0.853. The Morgan fingerprint density at radius 3 is 2.56 bits per heavy atom. The van der Waals surface area contributed by atoms with Gasteiger partial charge < -0.3 is 20.0 Å². The fraction of sp³-hybridized carbons (Fsp3) is 0.529. The van der Waals surface area contributed by atoms with Gasteiger partial charge in [-0.1, -0.05) is 0 Å². The second-order valence-corrected chi connectivity index (χ2v) is 7.61. The van der Waals surface area contributed by atoms with E-state index in [4.69, 9.17) is 0 Å². The van der Waals surface area contributed by atoms with E-state index in [1.807, 2.05) is 0 Å². The molecule has 2 heterocycles. The third-order valence-electron chi connectivity index (χ3n) is 4.53. The maximum Gasteiger partial charge on any atom is 0.319 e. The molecule has 136 valence electrons. The molecule has 4 amide bonds. The lowest BCUT2D eigenvalue weighted by Gasteiger charge is -2.37. The van der Waals surface area contributed by atoms with Crippen molar-refractivity contribution in [1.29, 1.82) is 0 Å². The van der Waals surface area contributed by atoms with Crippen molar-refractivity contribution >= 4 is 23.8 Å². The van der Waals surface area contributed by atoms with Gasteiger partial charge in [-0.25, -0.2) is 14.0 Å². The molecule has 1 aromatic carbocycles. The van der Waals surface area contributed by atoms with E-state index in [9.17, 15) is 14.0 Å². The van der Waals surface area contributed by atoms with Crippen molar-refractivity contribution in [1.82, 2.24) is 20.0 Å². The third kappa shape index (κ3) is 4.00. The van der Waals surface area contributed by atoms with Gasteiger partial charge in [-0.3, -0.25) is 0 Å². The summed E-state index contributed by atoms with van der Waals surface area (Å²) in [4.78, 5) is 30.6. The van der Waals surface area contributed by atoms with Gasteiger partial charge in [-0.05, 0) is 30.2 Å². The molecule has 0 aliphatic carbocycles. The van der Waals surface area contributed by atoms with Crippen molar-refractivity contribution in [2.45, 2.75) is 17.4 Å². The number of carbonyl (C=O) groups excluding carboxylic acids is 2. The van der Waals surface area contributed by atoms with Crippen molar-refractivity contribution in [3.8, 4) is 0 Å². The number of carbonyl (C=O) groups is 2. The molecule has 1 aromatic rings. The number of halogens is 1. The standard InChI is InChI=1S/C17H23FN4O2S/c1-20(2)17(24)22-8-6-21(7-9-22)16(23)19-14-5-10-25-15-4-3-12(18)11-13(14)15/h3-4,11,14H,5-10H2,1-2H3,(H,19,23). The largest absolute Gasteiger partial charge is 0.331 e. The fourth-order valence-electron chi connectivity index (χ4n) is 3.14. The Morgan fingerprint density at radius 2 is 1.88 bits per heavy atom. The van der Waals surface area contributed by atoms with Crippen LogP contribution in [0.15, 0.2) is 23.1 Å². The number of urea groups is 2. The van der Waals surface area contributed by atoms with Crippen molar-refractivity contribution in [3.63, 3.8) is 0 Å². The topological polar surface area (TPSA) is 55.9 Å². The zero-order chi connectivity index (χ0) is 18.0. The van der Waals surface area contributed by atoms with Crippen LogP contribution >= 0.6 is 11.8 Å². The minimum absolute atomic E-state index is 0.0335. The average Bonchev–Trinajstić information content (AvgIpc) is 2.61. The van der Waals surface area contributed by atoms with Gasteiger partial charge in [0.05, 0.1) is 6.04 Å². The number of nitrogens with zero attached hydrogens (tertiary/aromatic N) is 3. The molecule has 2 aliphatic rings. The van der Waals surface area contributed by atoms with Gasteiger partial charge in [0.1, 0.15) is 5.82 Å². The Hall–Kier alpha value is -1.96. The van der Waals surface area contributed by atoms with E-state index in [0.717, 1.165) is 22.6 Å². The number of rotatable bonds is 1. The highest BCUT2D eigenvalue weighted by atomic mass is 32.2. The molecule has 8 heteroatoms. The van der Waals surface area contributed by atoms with Crippen LogP contribution in [0.5, 0.6) is 0 Å². The zero-order valence-electron chi connectivity index (χ0n) is 14.5. The summed E-state index contributed by atoms with van der Waals surface area (Å²) in [6.45, 7) is 2.05. The number of fused-ring (bicyclic) bond motifs is 1. The lowest BCUT2D eigenvalue weighted by molar-refractivity contribution is 0.127. The van der Waals surface area contributed by atoms with Gasteiger partial charge in [0.25, 0.3) is 0 Å². The molecular weight excluding hydrogens is 343 g/mol. The van der Waals surface area contributed by atoms with E-state index in [0.29, 0.717) is 26.2 Å². The van der Waals surface area contributed by atoms with Crippen LogP contribution in [0.2, 0.25) is 0 Å². The summed E-state index contributed by atoms with van der Waals surface area (Å²) in [5, 5.41) is 3.03. The van der Waals surface area contributed by atoms with E-state index < -0.39 is 0 Å². The van der Waals surface area contributed by atoms with Gasteiger partial charge >= 0.3 is 12.1 Å². The smallest absolute Gasteiger partial charge is 0.319 e. The lowest BCUT2D eigenvalue weighted by atomic mass is 10.0. The molecule has 0 spiro atoms. The second-order valence-electron chi connectivity index (χ2n) is 6.47. The van der Waals surface area contributed by atoms with Gasteiger partial charge in [0.2, 0.25) is 0 Å². The first-order valence-electron chi connectivity index (χ1n) is 8.39. The molecule has 3 rings (SSSR count). The molecule has 6 nitrogen and oxygen atoms in total. The van der Waals surface area contributed by atoms with E-state index in [-0.39, 0.29) is 23.9 Å².